The Morgan fingerprint density at radius 1 is 1.10 bits per heavy atom. The predicted molar refractivity (Wildman–Crippen MR) is 111 cm³/mol. The van der Waals surface area contributed by atoms with Crippen molar-refractivity contribution in [1.82, 2.24) is 9.80 Å². The van der Waals surface area contributed by atoms with E-state index in [0.717, 1.165) is 31.5 Å². The minimum atomic E-state index is -0.813. The lowest BCUT2D eigenvalue weighted by Crippen LogP contribution is -2.49. The standard InChI is InChI=1S/C23H25ClN2O3/c1-16-14-20(27)21(23(28)26(16)15-17-8-7-13-29-17)22(25-11-5-2-6-12-25)18-9-3-4-10-19(18)24/h3-4,7-10,13-14,21-22H,2,5-6,11-12,15H2,1H3. The van der Waals surface area contributed by atoms with Crippen LogP contribution >= 0.6 is 11.6 Å². The number of piperidine rings is 1. The molecule has 6 heteroatoms. The molecule has 0 aliphatic carbocycles. The number of nitrogens with zero attached hydrogens (tertiary/aromatic N) is 2. The zero-order valence-electron chi connectivity index (χ0n) is 16.5. The lowest BCUT2D eigenvalue weighted by atomic mass is 9.83. The van der Waals surface area contributed by atoms with Crippen LogP contribution in [0.1, 0.15) is 43.6 Å². The lowest BCUT2D eigenvalue weighted by molar-refractivity contribution is -0.144. The Morgan fingerprint density at radius 2 is 1.86 bits per heavy atom. The summed E-state index contributed by atoms with van der Waals surface area (Å²) in [5.74, 6) is -0.473. The first-order valence-corrected chi connectivity index (χ1v) is 10.5. The highest BCUT2D eigenvalue weighted by Crippen LogP contribution is 2.39. The monoisotopic (exact) mass is 412 g/mol. The Labute approximate surface area is 175 Å². The first kappa shape index (κ1) is 19.9. The van der Waals surface area contributed by atoms with Crippen LogP contribution in [0, 0.1) is 5.92 Å². The summed E-state index contributed by atoms with van der Waals surface area (Å²) in [5.41, 5.74) is 1.48. The minimum Gasteiger partial charge on any atom is -0.467 e. The van der Waals surface area contributed by atoms with E-state index < -0.39 is 5.92 Å². The number of ketones is 1. The van der Waals surface area contributed by atoms with Gasteiger partial charge in [-0.05, 0) is 56.6 Å². The van der Waals surface area contributed by atoms with Crippen LogP contribution in [-0.2, 0) is 16.1 Å². The lowest BCUT2D eigenvalue weighted by Gasteiger charge is -2.41. The summed E-state index contributed by atoms with van der Waals surface area (Å²) in [7, 11) is 0. The molecular weight excluding hydrogens is 388 g/mol. The number of furan rings is 1. The van der Waals surface area contributed by atoms with Gasteiger partial charge >= 0.3 is 0 Å². The van der Waals surface area contributed by atoms with Crippen molar-refractivity contribution in [1.29, 1.82) is 0 Å². The first-order chi connectivity index (χ1) is 14.1. The number of hydrogen-bond donors (Lipinski definition) is 0. The molecule has 1 aromatic heterocycles. The third kappa shape index (κ3) is 4.02. The minimum absolute atomic E-state index is 0.154. The second kappa shape index (κ2) is 8.56. The molecule has 4 rings (SSSR count). The van der Waals surface area contributed by atoms with Crippen LogP contribution in [0.5, 0.6) is 0 Å². The van der Waals surface area contributed by atoms with E-state index in [-0.39, 0.29) is 17.7 Å². The number of likely N-dealkylation sites (tertiary alicyclic amines) is 1. The van der Waals surface area contributed by atoms with Crippen molar-refractivity contribution in [3.63, 3.8) is 0 Å². The fourth-order valence-electron chi connectivity index (χ4n) is 4.39. The maximum Gasteiger partial charge on any atom is 0.240 e. The number of halogens is 1. The maximum absolute atomic E-state index is 13.6. The smallest absolute Gasteiger partial charge is 0.240 e. The van der Waals surface area contributed by atoms with Crippen LogP contribution in [0.4, 0.5) is 0 Å². The zero-order valence-corrected chi connectivity index (χ0v) is 17.3. The van der Waals surface area contributed by atoms with Crippen LogP contribution in [0.3, 0.4) is 0 Å². The van der Waals surface area contributed by atoms with E-state index in [9.17, 15) is 9.59 Å². The van der Waals surface area contributed by atoms with Gasteiger partial charge in [-0.3, -0.25) is 14.5 Å². The van der Waals surface area contributed by atoms with Crippen LogP contribution in [0.2, 0.25) is 5.02 Å². The largest absolute Gasteiger partial charge is 0.467 e. The van der Waals surface area contributed by atoms with Gasteiger partial charge in [-0.1, -0.05) is 36.2 Å². The molecule has 1 fully saturated rings. The predicted octanol–water partition coefficient (Wildman–Crippen LogP) is 4.59. The van der Waals surface area contributed by atoms with E-state index in [1.165, 1.54) is 6.42 Å². The van der Waals surface area contributed by atoms with E-state index in [4.69, 9.17) is 16.0 Å². The van der Waals surface area contributed by atoms with Gasteiger partial charge in [0.05, 0.1) is 18.8 Å². The van der Waals surface area contributed by atoms with Gasteiger partial charge in [0.1, 0.15) is 11.7 Å². The fourth-order valence-corrected chi connectivity index (χ4v) is 4.63. The molecule has 152 valence electrons. The number of allylic oxidation sites excluding steroid dienone is 2. The summed E-state index contributed by atoms with van der Waals surface area (Å²) in [6.45, 7) is 3.81. The highest BCUT2D eigenvalue weighted by Gasteiger charge is 2.44. The van der Waals surface area contributed by atoms with Crippen LogP contribution in [0.15, 0.2) is 58.9 Å². The van der Waals surface area contributed by atoms with E-state index >= 15 is 0 Å². The van der Waals surface area contributed by atoms with E-state index in [1.54, 1.807) is 30.2 Å². The van der Waals surface area contributed by atoms with Gasteiger partial charge < -0.3 is 9.32 Å². The van der Waals surface area contributed by atoms with Crippen molar-refractivity contribution in [2.45, 2.75) is 38.8 Å². The fraction of sp³-hybridized carbons (Fsp3) is 0.391. The average Bonchev–Trinajstić information content (AvgIpc) is 3.23. The number of carbonyl (C=O) groups is 2. The van der Waals surface area contributed by atoms with Crippen molar-refractivity contribution in [3.8, 4) is 0 Å². The first-order valence-electron chi connectivity index (χ1n) is 10.1. The Hall–Kier alpha value is -2.37. The summed E-state index contributed by atoms with van der Waals surface area (Å²) < 4.78 is 5.44. The normalized spacial score (nSPS) is 21.9. The molecule has 29 heavy (non-hydrogen) atoms. The highest BCUT2D eigenvalue weighted by atomic mass is 35.5. The van der Waals surface area contributed by atoms with Crippen molar-refractivity contribution in [2.75, 3.05) is 13.1 Å². The molecule has 3 heterocycles. The molecule has 1 amide bonds. The number of benzene rings is 1. The van der Waals surface area contributed by atoms with E-state index in [2.05, 4.69) is 4.90 Å². The molecule has 2 aromatic rings. The Morgan fingerprint density at radius 3 is 2.55 bits per heavy atom. The van der Waals surface area contributed by atoms with Crippen molar-refractivity contribution in [3.05, 3.63) is 70.8 Å². The molecule has 2 unspecified atom stereocenters. The molecule has 1 saturated heterocycles. The number of rotatable bonds is 5. The molecule has 0 bridgehead atoms. The Bertz CT molecular complexity index is 916. The summed E-state index contributed by atoms with van der Waals surface area (Å²) in [5, 5.41) is 0.590. The maximum atomic E-state index is 13.6. The van der Waals surface area contributed by atoms with Crippen molar-refractivity contribution < 1.29 is 14.0 Å². The average molecular weight is 413 g/mol. The van der Waals surface area contributed by atoms with Crippen LogP contribution < -0.4 is 0 Å². The second-order valence-electron chi connectivity index (χ2n) is 7.73. The van der Waals surface area contributed by atoms with Gasteiger partial charge in [0, 0.05) is 16.8 Å². The molecule has 0 radical (unpaired) electrons. The van der Waals surface area contributed by atoms with Gasteiger partial charge in [0.2, 0.25) is 5.91 Å². The molecule has 1 aromatic carbocycles. The topological polar surface area (TPSA) is 53.8 Å². The van der Waals surface area contributed by atoms with Gasteiger partial charge in [-0.15, -0.1) is 0 Å². The highest BCUT2D eigenvalue weighted by molar-refractivity contribution is 6.31. The van der Waals surface area contributed by atoms with Crippen LogP contribution in [0.25, 0.3) is 0 Å². The molecule has 0 N–H and O–H groups in total. The molecule has 0 saturated carbocycles. The van der Waals surface area contributed by atoms with E-state index in [0.29, 0.717) is 23.0 Å². The molecule has 5 nitrogen and oxygen atoms in total. The molecule has 0 spiro atoms. The third-order valence-corrected chi connectivity index (χ3v) is 6.18. The Balaban J connectivity index is 1.73. The van der Waals surface area contributed by atoms with E-state index in [1.807, 2.05) is 30.3 Å². The van der Waals surface area contributed by atoms with Gasteiger partial charge in [0.15, 0.2) is 5.78 Å². The quantitative estimate of drug-likeness (QED) is 0.674. The van der Waals surface area contributed by atoms with Gasteiger partial charge in [-0.25, -0.2) is 0 Å². The summed E-state index contributed by atoms with van der Waals surface area (Å²) >= 11 is 6.54. The van der Waals surface area contributed by atoms with Crippen molar-refractivity contribution in [2.24, 2.45) is 5.92 Å². The molecular formula is C23H25ClN2O3. The molecule has 2 aliphatic heterocycles. The summed E-state index contributed by atoms with van der Waals surface area (Å²) in [4.78, 5) is 30.6. The van der Waals surface area contributed by atoms with Crippen molar-refractivity contribution >= 4 is 23.3 Å². The Kier molecular flexibility index (Phi) is 5.88. The summed E-state index contributed by atoms with van der Waals surface area (Å²) in [6.07, 6.45) is 6.46. The number of amides is 1. The second-order valence-corrected chi connectivity index (χ2v) is 8.14. The number of carbonyl (C=O) groups excluding carboxylic acids is 2. The zero-order chi connectivity index (χ0) is 20.4. The SMILES string of the molecule is CC1=CC(=O)C(C(c2ccccc2Cl)N2CCCCC2)C(=O)N1Cc1ccco1. The van der Waals surface area contributed by atoms with Gasteiger partial charge in [0.25, 0.3) is 0 Å². The molecule has 2 aliphatic rings. The summed E-state index contributed by atoms with van der Waals surface area (Å²) in [6, 6.07) is 10.8. The molecule has 2 atom stereocenters. The third-order valence-electron chi connectivity index (χ3n) is 5.83. The van der Waals surface area contributed by atoms with Crippen LogP contribution in [-0.4, -0.2) is 34.6 Å². The number of hydrogen-bond acceptors (Lipinski definition) is 4. The van der Waals surface area contributed by atoms with Gasteiger partial charge in [-0.2, -0.15) is 0 Å².